The quantitative estimate of drug-likeness (QED) is 0.255. The van der Waals surface area contributed by atoms with Gasteiger partial charge in [-0.1, -0.05) is 11.6 Å². The molecule has 0 amide bonds. The Kier molecular flexibility index (Phi) is 5.63. The number of nitrogens with zero attached hydrogens (tertiary/aromatic N) is 1. The molecule has 2 aromatic carbocycles. The Morgan fingerprint density at radius 3 is 2.54 bits per heavy atom. The first-order chi connectivity index (χ1) is 19.6. The van der Waals surface area contributed by atoms with Crippen LogP contribution in [0, 0.1) is 6.92 Å². The molecule has 41 heavy (non-hydrogen) atoms. The van der Waals surface area contributed by atoms with E-state index < -0.39 is 46.9 Å². The van der Waals surface area contributed by atoms with Crippen LogP contribution in [0.15, 0.2) is 20.1 Å². The maximum Gasteiger partial charge on any atom is 0.280 e. The third-order valence-electron chi connectivity index (χ3n) is 8.47. The van der Waals surface area contributed by atoms with Gasteiger partial charge < -0.3 is 44.5 Å². The summed E-state index contributed by atoms with van der Waals surface area (Å²) in [6.45, 7) is 1.41. The van der Waals surface area contributed by atoms with Crippen molar-refractivity contribution in [3.8, 4) is 28.4 Å². The number of aromatic hydroxyl groups is 2. The SMILES string of the molecule is CO[C@@H]1C[C@@H](O)[C@@H](OC)c2oc3c4c5c(c(O)c3c(=O)c21)-c1c(cc2c(Cl)c(C)n(N)c(=O)c2c1O)C[C@H]5OCO4. The largest absolute Gasteiger partial charge is 0.506 e. The Morgan fingerprint density at radius 1 is 1.10 bits per heavy atom. The van der Waals surface area contributed by atoms with Crippen LogP contribution in [0.4, 0.5) is 0 Å². The topological polar surface area (TPSA) is 176 Å². The first-order valence-corrected chi connectivity index (χ1v) is 13.2. The molecule has 0 saturated carbocycles. The van der Waals surface area contributed by atoms with Crippen molar-refractivity contribution >= 4 is 33.3 Å². The number of aliphatic hydroxyl groups is 1. The Bertz CT molecular complexity index is 1950. The number of aromatic nitrogens is 1. The standard InChI is InChI=1S/C28H25ClN2O10/c1-8-20(29)10-4-9-5-13-16-18(14(9)21(33)15(10)28(36)31(8)30)23(35)19-22(34)17-12(37-2)6-11(32)24(38-3)26(17)41-27(19)25(16)40-7-39-13/h4,11-13,24,32-33,35H,5-7,30H2,1-3H3/t11-,12-,13-,24-/m1/s1. The van der Waals surface area contributed by atoms with Gasteiger partial charge in [0.25, 0.3) is 5.56 Å². The minimum Gasteiger partial charge on any atom is -0.506 e. The number of methoxy groups -OCH3 is 2. The van der Waals surface area contributed by atoms with Gasteiger partial charge in [-0.15, -0.1) is 0 Å². The van der Waals surface area contributed by atoms with Gasteiger partial charge in [0.05, 0.1) is 40.0 Å². The molecule has 0 saturated heterocycles. The monoisotopic (exact) mass is 584 g/mol. The van der Waals surface area contributed by atoms with Gasteiger partial charge in [-0.2, -0.15) is 0 Å². The van der Waals surface area contributed by atoms with Crippen LogP contribution in [0.25, 0.3) is 32.9 Å². The van der Waals surface area contributed by atoms with Gasteiger partial charge in [0.2, 0.25) is 5.43 Å². The first kappa shape index (κ1) is 26.1. The molecule has 13 heteroatoms. The maximum absolute atomic E-state index is 14.1. The number of halogens is 1. The van der Waals surface area contributed by atoms with Gasteiger partial charge in [-0.05, 0) is 18.6 Å². The molecule has 12 nitrogen and oxygen atoms in total. The van der Waals surface area contributed by atoms with Crippen LogP contribution in [0.3, 0.4) is 0 Å². The van der Waals surface area contributed by atoms with Gasteiger partial charge in [0.15, 0.2) is 18.1 Å². The number of ether oxygens (including phenoxy) is 4. The molecule has 5 N–H and O–H groups in total. The number of nitrogen functional groups attached to an aromatic ring is 1. The summed E-state index contributed by atoms with van der Waals surface area (Å²) in [6.07, 6.45) is -3.18. The zero-order chi connectivity index (χ0) is 29.1. The second kappa shape index (κ2) is 8.84. The van der Waals surface area contributed by atoms with Gasteiger partial charge >= 0.3 is 0 Å². The normalized spacial score (nSPS) is 22.8. The fraction of sp³-hybridized carbons (Fsp3) is 0.357. The number of hydrogen-bond acceptors (Lipinski definition) is 11. The van der Waals surface area contributed by atoms with Gasteiger partial charge in [0.1, 0.15) is 28.7 Å². The number of aliphatic hydroxyl groups excluding tert-OH is 1. The molecule has 0 fully saturated rings. The minimum atomic E-state index is -1.02. The van der Waals surface area contributed by atoms with Crippen LogP contribution < -0.4 is 21.6 Å². The van der Waals surface area contributed by atoms with E-state index in [0.29, 0.717) is 22.2 Å². The predicted molar refractivity (Wildman–Crippen MR) is 146 cm³/mol. The van der Waals surface area contributed by atoms with Crippen LogP contribution in [-0.2, 0) is 20.6 Å². The highest BCUT2D eigenvalue weighted by Gasteiger charge is 2.43. The van der Waals surface area contributed by atoms with Crippen molar-refractivity contribution in [1.82, 2.24) is 4.68 Å². The molecule has 2 aromatic heterocycles. The molecule has 1 aliphatic heterocycles. The number of pyridine rings is 1. The summed E-state index contributed by atoms with van der Waals surface area (Å²) in [6, 6.07) is 1.66. The van der Waals surface area contributed by atoms with E-state index in [-0.39, 0.29) is 69.2 Å². The van der Waals surface area contributed by atoms with Gasteiger partial charge in [-0.25, -0.2) is 4.68 Å². The highest BCUT2D eigenvalue weighted by molar-refractivity contribution is 6.36. The lowest BCUT2D eigenvalue weighted by molar-refractivity contribution is -0.0709. The molecule has 4 atom stereocenters. The van der Waals surface area contributed by atoms with E-state index in [9.17, 15) is 24.9 Å². The summed E-state index contributed by atoms with van der Waals surface area (Å²) < 4.78 is 29.8. The molecule has 0 bridgehead atoms. The predicted octanol–water partition coefficient (Wildman–Crippen LogP) is 2.97. The number of phenolic OH excluding ortho intramolecular Hbond substituents is 2. The van der Waals surface area contributed by atoms with Crippen molar-refractivity contribution in [2.45, 2.75) is 44.2 Å². The lowest BCUT2D eigenvalue weighted by Crippen LogP contribution is -2.34. The summed E-state index contributed by atoms with van der Waals surface area (Å²) in [4.78, 5) is 27.3. The Morgan fingerprint density at radius 2 is 1.83 bits per heavy atom. The van der Waals surface area contributed by atoms with E-state index in [1.54, 1.807) is 13.0 Å². The average Bonchev–Trinajstić information content (AvgIpc) is 2.96. The third kappa shape index (κ3) is 3.24. The molecular weight excluding hydrogens is 560 g/mol. The molecule has 0 radical (unpaired) electrons. The van der Waals surface area contributed by atoms with Crippen molar-refractivity contribution in [2.75, 3.05) is 26.9 Å². The van der Waals surface area contributed by atoms with Crippen LogP contribution >= 0.6 is 11.6 Å². The summed E-state index contributed by atoms with van der Waals surface area (Å²) in [5, 5.41) is 34.2. The van der Waals surface area contributed by atoms with Gasteiger partial charge in [-0.3, -0.25) is 9.59 Å². The summed E-state index contributed by atoms with van der Waals surface area (Å²) in [5.74, 6) is 5.19. The van der Waals surface area contributed by atoms with Gasteiger partial charge in [0, 0.05) is 49.1 Å². The van der Waals surface area contributed by atoms with E-state index in [1.165, 1.54) is 14.2 Å². The summed E-state index contributed by atoms with van der Waals surface area (Å²) in [7, 11) is 2.78. The van der Waals surface area contributed by atoms with E-state index in [0.717, 1.165) is 4.68 Å². The second-order valence-corrected chi connectivity index (χ2v) is 10.8. The number of phenols is 2. The molecule has 214 valence electrons. The molecular formula is C28H25ClN2O10. The van der Waals surface area contributed by atoms with Crippen LogP contribution in [0.2, 0.25) is 5.02 Å². The molecule has 3 heterocycles. The number of benzene rings is 2. The highest BCUT2D eigenvalue weighted by atomic mass is 35.5. The smallest absolute Gasteiger partial charge is 0.280 e. The average molecular weight is 585 g/mol. The van der Waals surface area contributed by atoms with Crippen molar-refractivity contribution < 1.29 is 38.7 Å². The minimum absolute atomic E-state index is 0.0592. The van der Waals surface area contributed by atoms with E-state index in [4.69, 9.17) is 40.8 Å². The maximum atomic E-state index is 14.1. The molecule has 7 rings (SSSR count). The number of fused-ring (bicyclic) bond motifs is 6. The van der Waals surface area contributed by atoms with Crippen molar-refractivity contribution in [3.63, 3.8) is 0 Å². The zero-order valence-corrected chi connectivity index (χ0v) is 22.9. The number of nitrogens with two attached hydrogens (primary N) is 1. The van der Waals surface area contributed by atoms with Crippen LogP contribution in [0.1, 0.15) is 52.9 Å². The van der Waals surface area contributed by atoms with E-state index in [1.807, 2.05) is 0 Å². The second-order valence-electron chi connectivity index (χ2n) is 10.4. The fourth-order valence-electron chi connectivity index (χ4n) is 6.51. The Labute approximate surface area is 235 Å². The van der Waals surface area contributed by atoms with E-state index >= 15 is 0 Å². The lowest BCUT2D eigenvalue weighted by Gasteiger charge is -2.36. The van der Waals surface area contributed by atoms with Crippen molar-refractivity contribution in [3.05, 3.63) is 59.8 Å². The van der Waals surface area contributed by atoms with Crippen molar-refractivity contribution in [1.29, 1.82) is 0 Å². The van der Waals surface area contributed by atoms with Crippen LogP contribution in [0.5, 0.6) is 17.2 Å². The first-order valence-electron chi connectivity index (χ1n) is 12.8. The fourth-order valence-corrected chi connectivity index (χ4v) is 6.75. The number of rotatable bonds is 2. The molecule has 0 unspecified atom stereocenters. The number of hydrogen-bond donors (Lipinski definition) is 4. The summed E-state index contributed by atoms with van der Waals surface area (Å²) in [5.41, 5.74) is 0.113. The molecule has 3 aliphatic rings. The Balaban J connectivity index is 1.65. The third-order valence-corrected chi connectivity index (χ3v) is 8.95. The van der Waals surface area contributed by atoms with E-state index in [2.05, 4.69) is 0 Å². The highest BCUT2D eigenvalue weighted by Crippen LogP contribution is 2.57. The molecule has 0 spiro atoms. The van der Waals surface area contributed by atoms with Crippen LogP contribution in [-0.4, -0.2) is 47.1 Å². The zero-order valence-electron chi connectivity index (χ0n) is 22.1. The molecule has 4 aromatic rings. The molecule has 2 aliphatic carbocycles. The van der Waals surface area contributed by atoms with Crippen molar-refractivity contribution in [2.24, 2.45) is 0 Å². The summed E-state index contributed by atoms with van der Waals surface area (Å²) >= 11 is 6.54. The lowest BCUT2D eigenvalue weighted by atomic mass is 9.79. The Hall–Kier alpha value is -3.81.